The molecule has 0 fully saturated rings. The third-order valence-corrected chi connectivity index (χ3v) is 1.93. The minimum Gasteiger partial charge on any atom is -0.458 e. The van der Waals surface area contributed by atoms with E-state index < -0.39 is 0 Å². The van der Waals surface area contributed by atoms with E-state index in [0.717, 1.165) is 11.3 Å². The molecule has 0 aliphatic carbocycles. The van der Waals surface area contributed by atoms with Crippen molar-refractivity contribution in [3.8, 4) is 0 Å². The molecule has 0 spiro atoms. The Labute approximate surface area is 81.4 Å². The summed E-state index contributed by atoms with van der Waals surface area (Å²) < 4.78 is 5.25. The van der Waals surface area contributed by atoms with Gasteiger partial charge in [0.1, 0.15) is 5.76 Å². The molecule has 0 bridgehead atoms. The Morgan fingerprint density at radius 2 is 2.00 bits per heavy atom. The Bertz CT molecular complexity index is 420. The van der Waals surface area contributed by atoms with Gasteiger partial charge in [0.25, 0.3) is 0 Å². The Hall–Kier alpha value is -1.90. The van der Waals surface area contributed by atoms with Crippen molar-refractivity contribution in [1.82, 2.24) is 4.98 Å². The highest BCUT2D eigenvalue weighted by molar-refractivity contribution is 5.70. The van der Waals surface area contributed by atoms with Gasteiger partial charge in [-0.25, -0.2) is 0 Å². The summed E-state index contributed by atoms with van der Waals surface area (Å²) in [7, 11) is 0. The zero-order valence-electron chi connectivity index (χ0n) is 7.51. The summed E-state index contributed by atoms with van der Waals surface area (Å²) in [5.74, 6) is 1.16. The first-order chi connectivity index (χ1) is 6.88. The third kappa shape index (κ3) is 1.88. The Balaban J connectivity index is 2.15. The quantitative estimate of drug-likeness (QED) is 0.691. The lowest BCUT2D eigenvalue weighted by molar-refractivity contribution is 0.109. The predicted molar refractivity (Wildman–Crippen MR) is 51.1 cm³/mol. The molecule has 0 aromatic carbocycles. The van der Waals surface area contributed by atoms with Gasteiger partial charge in [0.2, 0.25) is 0 Å². The average Bonchev–Trinajstić information content (AvgIpc) is 2.67. The number of hydrogen-bond donors (Lipinski definition) is 0. The van der Waals surface area contributed by atoms with Crippen molar-refractivity contribution < 1.29 is 9.21 Å². The average molecular weight is 187 g/mol. The van der Waals surface area contributed by atoms with Crippen molar-refractivity contribution >= 4 is 6.29 Å². The molecule has 2 rings (SSSR count). The zero-order chi connectivity index (χ0) is 9.80. The first-order valence-corrected chi connectivity index (χ1v) is 4.31. The number of carbonyl (C=O) groups is 1. The molecule has 0 saturated heterocycles. The van der Waals surface area contributed by atoms with Crippen LogP contribution < -0.4 is 0 Å². The molecule has 0 amide bonds. The molecule has 3 heteroatoms. The summed E-state index contributed by atoms with van der Waals surface area (Å²) in [6.45, 7) is 0. The lowest BCUT2D eigenvalue weighted by atomic mass is 10.2. The lowest BCUT2D eigenvalue weighted by Gasteiger charge is -1.95. The Morgan fingerprint density at radius 3 is 2.64 bits per heavy atom. The first kappa shape index (κ1) is 8.69. The van der Waals surface area contributed by atoms with Crippen LogP contribution in [-0.4, -0.2) is 11.3 Å². The second-order valence-corrected chi connectivity index (χ2v) is 2.95. The van der Waals surface area contributed by atoms with Gasteiger partial charge >= 0.3 is 0 Å². The molecule has 3 nitrogen and oxygen atoms in total. The SMILES string of the molecule is O=Cc1ccc(Cc2ccncc2)o1. The fourth-order valence-electron chi connectivity index (χ4n) is 1.25. The molecule has 14 heavy (non-hydrogen) atoms. The Kier molecular flexibility index (Phi) is 2.40. The van der Waals surface area contributed by atoms with Gasteiger partial charge in [-0.1, -0.05) is 0 Å². The molecular formula is C11H9NO2. The number of carbonyl (C=O) groups excluding carboxylic acids is 1. The zero-order valence-corrected chi connectivity index (χ0v) is 7.51. The molecule has 2 heterocycles. The smallest absolute Gasteiger partial charge is 0.185 e. The van der Waals surface area contributed by atoms with E-state index in [0.29, 0.717) is 18.5 Å². The lowest BCUT2D eigenvalue weighted by Crippen LogP contribution is -1.85. The fraction of sp³-hybridized carbons (Fsp3) is 0.0909. The molecule has 0 aliphatic heterocycles. The van der Waals surface area contributed by atoms with E-state index in [9.17, 15) is 4.79 Å². The van der Waals surface area contributed by atoms with Crippen molar-refractivity contribution in [2.45, 2.75) is 6.42 Å². The molecule has 0 unspecified atom stereocenters. The van der Waals surface area contributed by atoms with Crippen molar-refractivity contribution in [2.75, 3.05) is 0 Å². The van der Waals surface area contributed by atoms with Gasteiger partial charge in [-0.2, -0.15) is 0 Å². The van der Waals surface area contributed by atoms with Crippen LogP contribution in [0.4, 0.5) is 0 Å². The van der Waals surface area contributed by atoms with E-state index >= 15 is 0 Å². The summed E-state index contributed by atoms with van der Waals surface area (Å²) in [4.78, 5) is 14.3. The van der Waals surface area contributed by atoms with E-state index in [1.54, 1.807) is 18.5 Å². The normalized spacial score (nSPS) is 10.0. The molecule has 2 aromatic rings. The van der Waals surface area contributed by atoms with Gasteiger partial charge in [-0.05, 0) is 29.8 Å². The van der Waals surface area contributed by atoms with Crippen LogP contribution in [0.25, 0.3) is 0 Å². The summed E-state index contributed by atoms with van der Waals surface area (Å²) in [5.41, 5.74) is 1.12. The molecule has 2 aromatic heterocycles. The van der Waals surface area contributed by atoms with Gasteiger partial charge in [0, 0.05) is 18.8 Å². The number of nitrogens with zero attached hydrogens (tertiary/aromatic N) is 1. The highest BCUT2D eigenvalue weighted by Crippen LogP contribution is 2.11. The van der Waals surface area contributed by atoms with Crippen LogP contribution in [0, 0.1) is 0 Å². The number of furan rings is 1. The van der Waals surface area contributed by atoms with Crippen molar-refractivity contribution in [3.05, 3.63) is 53.7 Å². The number of aldehydes is 1. The van der Waals surface area contributed by atoms with Crippen molar-refractivity contribution in [2.24, 2.45) is 0 Å². The van der Waals surface area contributed by atoms with E-state index in [1.807, 2.05) is 18.2 Å². The molecule has 70 valence electrons. The highest BCUT2D eigenvalue weighted by atomic mass is 16.3. The largest absolute Gasteiger partial charge is 0.458 e. The summed E-state index contributed by atoms with van der Waals surface area (Å²) in [5, 5.41) is 0. The van der Waals surface area contributed by atoms with Crippen molar-refractivity contribution in [3.63, 3.8) is 0 Å². The van der Waals surface area contributed by atoms with Crippen LogP contribution in [0.3, 0.4) is 0 Å². The minimum absolute atomic E-state index is 0.369. The van der Waals surface area contributed by atoms with Crippen LogP contribution in [-0.2, 0) is 6.42 Å². The minimum atomic E-state index is 0.369. The van der Waals surface area contributed by atoms with Gasteiger partial charge in [-0.3, -0.25) is 9.78 Å². The van der Waals surface area contributed by atoms with Crippen LogP contribution in [0.5, 0.6) is 0 Å². The van der Waals surface area contributed by atoms with Crippen molar-refractivity contribution in [1.29, 1.82) is 0 Å². The first-order valence-electron chi connectivity index (χ1n) is 4.31. The van der Waals surface area contributed by atoms with Gasteiger partial charge in [-0.15, -0.1) is 0 Å². The molecule has 0 saturated carbocycles. The van der Waals surface area contributed by atoms with Crippen LogP contribution in [0.1, 0.15) is 21.9 Å². The molecule has 0 atom stereocenters. The second-order valence-electron chi connectivity index (χ2n) is 2.95. The predicted octanol–water partition coefficient (Wildman–Crippen LogP) is 2.08. The van der Waals surface area contributed by atoms with Crippen LogP contribution in [0.15, 0.2) is 41.1 Å². The molecule has 0 radical (unpaired) electrons. The van der Waals surface area contributed by atoms with Crippen LogP contribution in [0.2, 0.25) is 0 Å². The third-order valence-electron chi connectivity index (χ3n) is 1.93. The monoisotopic (exact) mass is 187 g/mol. The standard InChI is InChI=1S/C11H9NO2/c13-8-11-2-1-10(14-11)7-9-3-5-12-6-4-9/h1-6,8H,7H2. The van der Waals surface area contributed by atoms with E-state index in [-0.39, 0.29) is 0 Å². The topological polar surface area (TPSA) is 43.1 Å². The summed E-state index contributed by atoms with van der Waals surface area (Å²) in [6, 6.07) is 7.32. The highest BCUT2D eigenvalue weighted by Gasteiger charge is 2.01. The molecular weight excluding hydrogens is 178 g/mol. The summed E-state index contributed by atoms with van der Waals surface area (Å²) in [6.07, 6.45) is 4.87. The van der Waals surface area contributed by atoms with Gasteiger partial charge in [0.05, 0.1) is 0 Å². The van der Waals surface area contributed by atoms with Crippen LogP contribution >= 0.6 is 0 Å². The van der Waals surface area contributed by atoms with E-state index in [1.165, 1.54) is 0 Å². The van der Waals surface area contributed by atoms with E-state index in [4.69, 9.17) is 4.42 Å². The maximum Gasteiger partial charge on any atom is 0.185 e. The molecule has 0 N–H and O–H groups in total. The molecule has 0 aliphatic rings. The second kappa shape index (κ2) is 3.87. The maximum atomic E-state index is 10.4. The fourth-order valence-corrected chi connectivity index (χ4v) is 1.25. The Morgan fingerprint density at radius 1 is 1.21 bits per heavy atom. The maximum absolute atomic E-state index is 10.4. The number of hydrogen-bond acceptors (Lipinski definition) is 3. The summed E-state index contributed by atoms with van der Waals surface area (Å²) >= 11 is 0. The van der Waals surface area contributed by atoms with Gasteiger partial charge in [0.15, 0.2) is 12.0 Å². The number of aromatic nitrogens is 1. The van der Waals surface area contributed by atoms with E-state index in [2.05, 4.69) is 4.98 Å². The number of pyridine rings is 1. The van der Waals surface area contributed by atoms with Gasteiger partial charge < -0.3 is 4.42 Å². The number of rotatable bonds is 3.